The first-order valence-corrected chi connectivity index (χ1v) is 7.80. The van der Waals surface area contributed by atoms with Crippen molar-refractivity contribution in [1.82, 2.24) is 15.5 Å². The third kappa shape index (κ3) is 2.71. The Morgan fingerprint density at radius 3 is 2.96 bits per heavy atom. The van der Waals surface area contributed by atoms with Crippen molar-refractivity contribution in [3.05, 3.63) is 58.8 Å². The summed E-state index contributed by atoms with van der Waals surface area (Å²) in [6.07, 6.45) is 8.20. The molecule has 2 aromatic rings. The molecule has 1 aromatic heterocycles. The molecule has 0 saturated carbocycles. The maximum absolute atomic E-state index is 14.4. The minimum atomic E-state index is -0.264. The number of H-pyrrole nitrogens is 1. The number of rotatable bonds is 3. The molecule has 6 heteroatoms. The van der Waals surface area contributed by atoms with Crippen molar-refractivity contribution in [3.63, 3.8) is 0 Å². The molecular weight excluding hydrogens is 305 g/mol. The number of nitrogens with one attached hydrogen (secondary N) is 2. The molecule has 1 aliphatic rings. The van der Waals surface area contributed by atoms with Gasteiger partial charge in [0.05, 0.1) is 5.52 Å². The van der Waals surface area contributed by atoms with E-state index in [9.17, 15) is 4.39 Å². The van der Waals surface area contributed by atoms with Gasteiger partial charge in [0, 0.05) is 42.2 Å². The molecule has 5 nitrogen and oxygen atoms in total. The Morgan fingerprint density at radius 1 is 1.46 bits per heavy atom. The summed E-state index contributed by atoms with van der Waals surface area (Å²) < 4.78 is 14.4. The number of aliphatic imine (C=N–C) groups is 1. The Hall–Kier alpha value is -2.89. The topological polar surface area (TPSA) is 79.1 Å². The van der Waals surface area contributed by atoms with Crippen molar-refractivity contribution in [2.75, 3.05) is 7.05 Å². The van der Waals surface area contributed by atoms with Crippen LogP contribution in [0.2, 0.25) is 0 Å². The number of aryl methyl sites for hydroxylation is 1. The highest BCUT2D eigenvalue weighted by atomic mass is 19.1. The second-order valence-corrected chi connectivity index (χ2v) is 5.63. The van der Waals surface area contributed by atoms with Gasteiger partial charge in [0.1, 0.15) is 11.7 Å². The van der Waals surface area contributed by atoms with Crippen molar-refractivity contribution >= 4 is 22.3 Å². The van der Waals surface area contributed by atoms with E-state index in [1.54, 1.807) is 20.0 Å². The van der Waals surface area contributed by atoms with E-state index in [4.69, 9.17) is 5.73 Å². The number of nitrogens with zero attached hydrogens (tertiary/aromatic N) is 2. The van der Waals surface area contributed by atoms with Crippen LogP contribution in [0.3, 0.4) is 0 Å². The van der Waals surface area contributed by atoms with Crippen molar-refractivity contribution in [1.29, 1.82) is 0 Å². The first-order valence-electron chi connectivity index (χ1n) is 7.80. The Labute approximate surface area is 139 Å². The molecule has 3 rings (SSSR count). The number of nitrogens with two attached hydrogens (primary N) is 1. The van der Waals surface area contributed by atoms with Crippen LogP contribution in [0, 0.1) is 12.7 Å². The van der Waals surface area contributed by atoms with Crippen LogP contribution in [0.5, 0.6) is 0 Å². The lowest BCUT2D eigenvalue weighted by Crippen LogP contribution is -2.14. The van der Waals surface area contributed by atoms with Gasteiger partial charge in [0.2, 0.25) is 0 Å². The third-order valence-corrected chi connectivity index (χ3v) is 4.14. The molecular formula is C18H20FN5. The quantitative estimate of drug-likeness (QED) is 0.599. The zero-order valence-corrected chi connectivity index (χ0v) is 13.9. The summed E-state index contributed by atoms with van der Waals surface area (Å²) in [5, 5.41) is 11.3. The van der Waals surface area contributed by atoms with Crippen LogP contribution in [0.4, 0.5) is 4.39 Å². The van der Waals surface area contributed by atoms with E-state index in [1.165, 1.54) is 6.07 Å². The summed E-state index contributed by atoms with van der Waals surface area (Å²) in [5.41, 5.74) is 10.6. The number of dihydropyridines is 1. The Kier molecular flexibility index (Phi) is 4.20. The summed E-state index contributed by atoms with van der Waals surface area (Å²) in [6, 6.07) is 1.48. The lowest BCUT2D eigenvalue weighted by atomic mass is 9.92. The van der Waals surface area contributed by atoms with Crippen LogP contribution in [0.15, 0.2) is 41.2 Å². The van der Waals surface area contributed by atoms with Gasteiger partial charge in [-0.25, -0.2) is 4.39 Å². The molecule has 4 N–H and O–H groups in total. The molecule has 0 radical (unpaired) electrons. The number of fused-ring (bicyclic) bond motifs is 1. The standard InChI is InChI=1S/C18H20FN5/c1-4-14-18-15(24-23-14)9-13(19)10(2)17(18)11-5-6-22-12(7-11)8-16(20)21-3/h5-9,22H,4H2,1-3H3,(H2,20,21)(H,23,24)/b12-8-. The predicted octanol–water partition coefficient (Wildman–Crippen LogP) is 2.94. The molecule has 0 aliphatic carbocycles. The van der Waals surface area contributed by atoms with Gasteiger partial charge >= 0.3 is 0 Å². The molecule has 0 atom stereocenters. The average molecular weight is 325 g/mol. The Bertz CT molecular complexity index is 915. The fraction of sp³-hybridized carbons (Fsp3) is 0.222. The highest BCUT2D eigenvalue weighted by Gasteiger charge is 2.18. The molecule has 2 heterocycles. The van der Waals surface area contributed by atoms with Crippen LogP contribution in [0.25, 0.3) is 16.5 Å². The molecule has 24 heavy (non-hydrogen) atoms. The molecule has 1 aliphatic heterocycles. The maximum Gasteiger partial charge on any atom is 0.128 e. The van der Waals surface area contributed by atoms with Gasteiger partial charge in [0.25, 0.3) is 0 Å². The molecule has 0 spiro atoms. The SMILES string of the molecule is CCc1[nH]nc2cc(F)c(C)c(C3=C/C(=C/C(N)=NC)NC=C3)c12. The average Bonchev–Trinajstić information content (AvgIpc) is 2.98. The summed E-state index contributed by atoms with van der Waals surface area (Å²) in [5.74, 6) is 0.154. The normalized spacial score (nSPS) is 16.6. The first-order chi connectivity index (χ1) is 11.5. The molecule has 0 unspecified atom stereocenters. The lowest BCUT2D eigenvalue weighted by Gasteiger charge is -2.16. The predicted molar refractivity (Wildman–Crippen MR) is 96.0 cm³/mol. The number of aromatic amines is 1. The summed E-state index contributed by atoms with van der Waals surface area (Å²) in [7, 11) is 1.63. The van der Waals surface area contributed by atoms with Gasteiger partial charge in [-0.05, 0) is 42.2 Å². The van der Waals surface area contributed by atoms with Gasteiger partial charge in [-0.3, -0.25) is 10.1 Å². The number of aromatic nitrogens is 2. The zero-order chi connectivity index (χ0) is 17.3. The van der Waals surface area contributed by atoms with Crippen LogP contribution < -0.4 is 11.1 Å². The van der Waals surface area contributed by atoms with Gasteiger partial charge < -0.3 is 11.1 Å². The number of benzene rings is 1. The van der Waals surface area contributed by atoms with Gasteiger partial charge in [-0.15, -0.1) is 0 Å². The number of halogens is 1. The van der Waals surface area contributed by atoms with E-state index in [0.29, 0.717) is 16.9 Å². The first kappa shape index (κ1) is 16.0. The maximum atomic E-state index is 14.4. The second-order valence-electron chi connectivity index (χ2n) is 5.63. The fourth-order valence-corrected chi connectivity index (χ4v) is 2.88. The van der Waals surface area contributed by atoms with Crippen LogP contribution >= 0.6 is 0 Å². The minimum absolute atomic E-state index is 0.264. The molecule has 0 amide bonds. The van der Waals surface area contributed by atoms with Crippen molar-refractivity contribution in [3.8, 4) is 0 Å². The summed E-state index contributed by atoms with van der Waals surface area (Å²) >= 11 is 0. The number of allylic oxidation sites excluding steroid dienone is 3. The molecule has 0 saturated heterocycles. The van der Waals surface area contributed by atoms with Crippen LogP contribution in [-0.2, 0) is 6.42 Å². The number of hydrogen-bond acceptors (Lipinski definition) is 3. The van der Waals surface area contributed by atoms with Crippen LogP contribution in [0.1, 0.15) is 23.7 Å². The summed E-state index contributed by atoms with van der Waals surface area (Å²) in [4.78, 5) is 3.93. The second kappa shape index (κ2) is 6.31. The van der Waals surface area contributed by atoms with Gasteiger partial charge in [-0.2, -0.15) is 5.10 Å². The third-order valence-electron chi connectivity index (χ3n) is 4.14. The van der Waals surface area contributed by atoms with Crippen LogP contribution in [-0.4, -0.2) is 23.1 Å². The Balaban J connectivity index is 2.25. The van der Waals surface area contributed by atoms with E-state index >= 15 is 0 Å². The molecule has 0 bridgehead atoms. The highest BCUT2D eigenvalue weighted by molar-refractivity contribution is 5.99. The molecule has 0 fully saturated rings. The Morgan fingerprint density at radius 2 is 2.25 bits per heavy atom. The van der Waals surface area contributed by atoms with Gasteiger partial charge in [0.15, 0.2) is 0 Å². The van der Waals surface area contributed by atoms with Crippen molar-refractivity contribution < 1.29 is 4.39 Å². The largest absolute Gasteiger partial charge is 0.384 e. The van der Waals surface area contributed by atoms with E-state index in [-0.39, 0.29) is 5.82 Å². The van der Waals surface area contributed by atoms with E-state index in [2.05, 4.69) is 20.5 Å². The van der Waals surface area contributed by atoms with Crippen molar-refractivity contribution in [2.45, 2.75) is 20.3 Å². The zero-order valence-electron chi connectivity index (χ0n) is 13.9. The molecule has 1 aromatic carbocycles. The smallest absolute Gasteiger partial charge is 0.128 e. The highest BCUT2D eigenvalue weighted by Crippen LogP contribution is 2.34. The number of hydrogen-bond donors (Lipinski definition) is 3. The van der Waals surface area contributed by atoms with E-state index in [0.717, 1.165) is 34.3 Å². The van der Waals surface area contributed by atoms with Gasteiger partial charge in [-0.1, -0.05) is 6.92 Å². The van der Waals surface area contributed by atoms with Crippen molar-refractivity contribution in [2.24, 2.45) is 10.7 Å². The molecule has 124 valence electrons. The fourth-order valence-electron chi connectivity index (χ4n) is 2.88. The van der Waals surface area contributed by atoms with E-state index < -0.39 is 0 Å². The lowest BCUT2D eigenvalue weighted by molar-refractivity contribution is 0.619. The summed E-state index contributed by atoms with van der Waals surface area (Å²) in [6.45, 7) is 3.84. The van der Waals surface area contributed by atoms with E-state index in [1.807, 2.05) is 25.3 Å². The number of amidine groups is 1. The minimum Gasteiger partial charge on any atom is -0.384 e. The monoisotopic (exact) mass is 325 g/mol.